The van der Waals surface area contributed by atoms with Gasteiger partial charge in [-0.05, 0) is 86.9 Å². The monoisotopic (exact) mass is 504 g/mol. The average molecular weight is 506 g/mol. The molecule has 2 unspecified atom stereocenters. The largest absolute Gasteiger partial charge is 0.444 e. The van der Waals surface area contributed by atoms with Crippen LogP contribution < -0.4 is 5.32 Å². The van der Waals surface area contributed by atoms with Gasteiger partial charge in [0.2, 0.25) is 0 Å². The number of ether oxygens (including phenoxy) is 1. The lowest BCUT2D eigenvalue weighted by molar-refractivity contribution is 0.0236. The quantitative estimate of drug-likeness (QED) is 0.425. The van der Waals surface area contributed by atoms with Crippen molar-refractivity contribution in [1.82, 2.24) is 4.90 Å². The maximum atomic E-state index is 13.0. The summed E-state index contributed by atoms with van der Waals surface area (Å²) >= 11 is 18.5. The number of benzene rings is 2. The summed E-state index contributed by atoms with van der Waals surface area (Å²) in [4.78, 5) is 15.6. The minimum Gasteiger partial charge on any atom is -0.444 e. The number of hydrogen-bond donors (Lipinski definition) is 1. The van der Waals surface area contributed by atoms with Crippen molar-refractivity contribution in [1.29, 1.82) is 0 Å². The fourth-order valence-corrected chi connectivity index (χ4v) is 5.66. The van der Waals surface area contributed by atoms with Gasteiger partial charge < -0.3 is 15.0 Å². The van der Waals surface area contributed by atoms with Crippen LogP contribution in [0.5, 0.6) is 0 Å². The lowest BCUT2D eigenvalue weighted by Crippen LogP contribution is -2.37. The van der Waals surface area contributed by atoms with Gasteiger partial charge in [-0.2, -0.15) is 0 Å². The molecule has 2 aromatic carbocycles. The molecule has 0 radical (unpaired) electrons. The summed E-state index contributed by atoms with van der Waals surface area (Å²) in [6.45, 7) is 6.48. The van der Waals surface area contributed by atoms with Crippen LogP contribution in [0.15, 0.2) is 36.4 Å². The van der Waals surface area contributed by atoms with Gasteiger partial charge in [0, 0.05) is 34.7 Å². The van der Waals surface area contributed by atoms with Crippen molar-refractivity contribution < 1.29 is 9.53 Å². The smallest absolute Gasteiger partial charge is 0.410 e. The normalized spacial score (nSPS) is 19.5. The first-order valence-electron chi connectivity index (χ1n) is 11.5. The molecular formula is C26H30Cl2N2O2S. The second-order valence-corrected chi connectivity index (χ2v) is 11.2. The van der Waals surface area contributed by atoms with E-state index in [0.717, 1.165) is 39.7 Å². The molecule has 1 amide bonds. The van der Waals surface area contributed by atoms with Crippen molar-refractivity contribution in [3.05, 3.63) is 63.1 Å². The van der Waals surface area contributed by atoms with Crippen molar-refractivity contribution in [3.8, 4) is 0 Å². The molecule has 0 saturated heterocycles. The predicted octanol–water partition coefficient (Wildman–Crippen LogP) is 7.61. The minimum absolute atomic E-state index is 0.357. The fourth-order valence-electron chi connectivity index (χ4n) is 4.78. The Kier molecular flexibility index (Phi) is 7.23. The van der Waals surface area contributed by atoms with Gasteiger partial charge >= 0.3 is 6.09 Å². The fraction of sp³-hybridized carbons (Fsp3) is 0.462. The summed E-state index contributed by atoms with van der Waals surface area (Å²) in [6, 6.07) is 11.7. The van der Waals surface area contributed by atoms with Crippen LogP contribution in [0.25, 0.3) is 0 Å². The van der Waals surface area contributed by atoms with Gasteiger partial charge in [-0.15, -0.1) is 0 Å². The van der Waals surface area contributed by atoms with Crippen molar-refractivity contribution in [2.75, 3.05) is 11.9 Å². The lowest BCUT2D eigenvalue weighted by atomic mass is 9.84. The number of amides is 1. The summed E-state index contributed by atoms with van der Waals surface area (Å²) in [6.07, 6.45) is 3.74. The molecule has 0 spiro atoms. The summed E-state index contributed by atoms with van der Waals surface area (Å²) in [5.41, 5.74) is 3.68. The summed E-state index contributed by atoms with van der Waals surface area (Å²) in [5.74, 6) is 0.885. The molecule has 4 nitrogen and oxygen atoms in total. The predicted molar refractivity (Wildman–Crippen MR) is 140 cm³/mol. The van der Waals surface area contributed by atoms with Crippen LogP contribution in [0.3, 0.4) is 0 Å². The molecule has 1 fully saturated rings. The van der Waals surface area contributed by atoms with Gasteiger partial charge in [0.25, 0.3) is 0 Å². The van der Waals surface area contributed by atoms with Crippen LogP contribution in [-0.2, 0) is 17.7 Å². The number of halogens is 2. The van der Waals surface area contributed by atoms with Gasteiger partial charge in [0.1, 0.15) is 5.60 Å². The van der Waals surface area contributed by atoms with E-state index in [4.69, 9.17) is 40.2 Å². The number of thiocarbonyl (C=S) groups is 1. The molecule has 1 heterocycles. The highest BCUT2D eigenvalue weighted by Crippen LogP contribution is 2.47. The third-order valence-corrected chi connectivity index (χ3v) is 7.29. The van der Waals surface area contributed by atoms with Gasteiger partial charge in [-0.3, -0.25) is 0 Å². The number of hydrogen-bond acceptors (Lipinski definition) is 3. The number of carbonyl (C=O) groups excluding carboxylic acids is 1. The second-order valence-electron chi connectivity index (χ2n) is 9.95. The van der Waals surface area contributed by atoms with E-state index in [0.29, 0.717) is 36.4 Å². The molecule has 33 heavy (non-hydrogen) atoms. The number of nitrogens with zero attached hydrogens (tertiary/aromatic N) is 1. The van der Waals surface area contributed by atoms with Gasteiger partial charge in [-0.25, -0.2) is 4.79 Å². The highest BCUT2D eigenvalue weighted by molar-refractivity contribution is 7.80. The molecule has 2 aliphatic rings. The van der Waals surface area contributed by atoms with Crippen molar-refractivity contribution in [2.24, 2.45) is 5.92 Å². The molecule has 1 aliphatic carbocycles. The van der Waals surface area contributed by atoms with Crippen LogP contribution in [0, 0.1) is 5.92 Å². The number of fused-ring (bicyclic) bond motifs is 3. The number of rotatable bonds is 5. The van der Waals surface area contributed by atoms with Crippen molar-refractivity contribution in [3.63, 3.8) is 0 Å². The van der Waals surface area contributed by atoms with Crippen LogP contribution >= 0.6 is 35.4 Å². The Morgan fingerprint density at radius 1 is 1.18 bits per heavy atom. The molecule has 2 atom stereocenters. The first-order valence-corrected chi connectivity index (χ1v) is 12.6. The first-order chi connectivity index (χ1) is 15.6. The Hall–Kier alpha value is -1.82. The molecule has 0 aromatic heterocycles. The Morgan fingerprint density at radius 2 is 1.94 bits per heavy atom. The van der Waals surface area contributed by atoms with Crippen LogP contribution in [-0.4, -0.2) is 28.1 Å². The molecule has 7 heteroatoms. The van der Waals surface area contributed by atoms with E-state index in [1.165, 1.54) is 12.0 Å². The molecular weight excluding hydrogens is 475 g/mol. The molecule has 4 rings (SSSR count). The Morgan fingerprint density at radius 3 is 2.67 bits per heavy atom. The van der Waals surface area contributed by atoms with Gasteiger partial charge in [0.05, 0.1) is 4.99 Å². The van der Waals surface area contributed by atoms with Gasteiger partial charge in [0.15, 0.2) is 0 Å². The molecule has 0 bridgehead atoms. The molecule has 2 aromatic rings. The Balaban J connectivity index is 1.54. The molecule has 176 valence electrons. The molecule has 1 saturated carbocycles. The zero-order chi connectivity index (χ0) is 23.8. The lowest BCUT2D eigenvalue weighted by Gasteiger charge is -2.31. The van der Waals surface area contributed by atoms with E-state index in [1.807, 2.05) is 45.0 Å². The third-order valence-electron chi connectivity index (χ3n) is 6.29. The van der Waals surface area contributed by atoms with Crippen LogP contribution in [0.1, 0.15) is 62.6 Å². The highest BCUT2D eigenvalue weighted by atomic mass is 35.5. The maximum absolute atomic E-state index is 13.0. The summed E-state index contributed by atoms with van der Waals surface area (Å²) < 4.78 is 5.66. The zero-order valence-corrected chi connectivity index (χ0v) is 21.6. The summed E-state index contributed by atoms with van der Waals surface area (Å²) in [7, 11) is 0. The number of carbonyl (C=O) groups is 1. The van der Waals surface area contributed by atoms with Crippen molar-refractivity contribution >= 4 is 52.2 Å². The second kappa shape index (κ2) is 9.81. The summed E-state index contributed by atoms with van der Waals surface area (Å²) in [5, 5.41) is 4.82. The third kappa shape index (κ3) is 5.82. The SMILES string of the molecule is CC(C)(C)OC(=O)N(CCc1cc2c(cc1Cl)C1CCCC1C(=S)N2)Cc1cccc(Cl)c1. The van der Waals surface area contributed by atoms with E-state index in [9.17, 15) is 4.79 Å². The van der Waals surface area contributed by atoms with Gasteiger partial charge in [-0.1, -0.05) is 54.0 Å². The molecule has 1 N–H and O–H groups in total. The van der Waals surface area contributed by atoms with Crippen LogP contribution in [0.4, 0.5) is 10.5 Å². The Bertz CT molecular complexity index is 1070. The molecule has 1 aliphatic heterocycles. The standard InChI is InChI=1S/C26H30Cl2N2O2S/c1-26(2,3)32-25(31)30(15-16-6-4-7-18(27)12-16)11-10-17-13-23-21(14-22(17)28)19-8-5-9-20(19)24(33)29-23/h4,6-7,12-14,19-20H,5,8-11,15H2,1-3H3,(H,29,33). The Labute approximate surface area is 211 Å². The highest BCUT2D eigenvalue weighted by Gasteiger charge is 2.37. The average Bonchev–Trinajstić information content (AvgIpc) is 3.21. The van der Waals surface area contributed by atoms with E-state index in [-0.39, 0.29) is 6.09 Å². The number of anilines is 1. The topological polar surface area (TPSA) is 41.6 Å². The van der Waals surface area contributed by atoms with E-state index < -0.39 is 5.60 Å². The van der Waals surface area contributed by atoms with Crippen molar-refractivity contribution in [2.45, 2.75) is 64.5 Å². The van der Waals surface area contributed by atoms with E-state index in [2.05, 4.69) is 17.4 Å². The minimum atomic E-state index is -0.579. The zero-order valence-electron chi connectivity index (χ0n) is 19.3. The first kappa shape index (κ1) is 24.3. The van der Waals surface area contributed by atoms with Crippen LogP contribution in [0.2, 0.25) is 10.0 Å². The van der Waals surface area contributed by atoms with E-state index >= 15 is 0 Å². The number of nitrogens with one attached hydrogen (secondary N) is 1. The van der Waals surface area contributed by atoms with E-state index in [1.54, 1.807) is 4.90 Å². The maximum Gasteiger partial charge on any atom is 0.410 e.